The molecule has 1 N–H and O–H groups in total. The molecule has 0 aliphatic heterocycles. The zero-order chi connectivity index (χ0) is 20.3. The van der Waals surface area contributed by atoms with Gasteiger partial charge in [-0.25, -0.2) is 4.79 Å². The van der Waals surface area contributed by atoms with Gasteiger partial charge in [-0.3, -0.25) is 4.79 Å². The molecular formula is C25H23NO3. The van der Waals surface area contributed by atoms with Gasteiger partial charge in [-0.05, 0) is 48.4 Å². The Balaban J connectivity index is 1.55. The number of ether oxygens (including phenoxy) is 1. The van der Waals surface area contributed by atoms with Crippen molar-refractivity contribution in [3.8, 4) is 0 Å². The number of hydrogen-bond acceptors (Lipinski definition) is 4. The Morgan fingerprint density at radius 3 is 2.14 bits per heavy atom. The fraction of sp³-hybridized carbons (Fsp3) is 0.200. The first-order valence-corrected chi connectivity index (χ1v) is 9.75. The van der Waals surface area contributed by atoms with E-state index < -0.39 is 5.41 Å². The largest absolute Gasteiger partial charge is 0.462 e. The van der Waals surface area contributed by atoms with Gasteiger partial charge < -0.3 is 10.1 Å². The summed E-state index contributed by atoms with van der Waals surface area (Å²) in [5, 5.41) is 3.07. The highest BCUT2D eigenvalue weighted by atomic mass is 16.5. The fourth-order valence-electron chi connectivity index (χ4n) is 3.91. The predicted molar refractivity (Wildman–Crippen MR) is 113 cm³/mol. The first-order chi connectivity index (χ1) is 14.1. The molecule has 1 aliphatic rings. The van der Waals surface area contributed by atoms with Crippen LogP contribution in [-0.4, -0.2) is 25.4 Å². The van der Waals surface area contributed by atoms with Crippen LogP contribution in [0.4, 0.5) is 5.69 Å². The number of hydrogen-bond donors (Lipinski definition) is 1. The molecule has 0 bridgehead atoms. The van der Waals surface area contributed by atoms with Crippen LogP contribution in [0.2, 0.25) is 0 Å². The number of benzene rings is 3. The zero-order valence-electron chi connectivity index (χ0n) is 16.3. The Kier molecular flexibility index (Phi) is 5.17. The van der Waals surface area contributed by atoms with Crippen LogP contribution < -0.4 is 5.32 Å². The Bertz CT molecular complexity index is 999. The van der Waals surface area contributed by atoms with Crippen molar-refractivity contribution >= 4 is 17.4 Å². The van der Waals surface area contributed by atoms with Crippen LogP contribution in [0.1, 0.15) is 32.7 Å². The van der Waals surface area contributed by atoms with E-state index in [0.717, 1.165) is 11.3 Å². The lowest BCUT2D eigenvalue weighted by Gasteiger charge is -2.18. The number of Topliss-reactive ketones (excluding diaryl/α,β-unsaturated/α-hetero) is 1. The minimum Gasteiger partial charge on any atom is -0.462 e. The lowest BCUT2D eigenvalue weighted by Crippen LogP contribution is -2.25. The molecule has 29 heavy (non-hydrogen) atoms. The molecular weight excluding hydrogens is 362 g/mol. The van der Waals surface area contributed by atoms with Crippen LogP contribution in [0.25, 0.3) is 0 Å². The van der Waals surface area contributed by atoms with Crippen LogP contribution in [0.15, 0.2) is 84.9 Å². The predicted octanol–water partition coefficient (Wildman–Crippen LogP) is 4.73. The molecule has 1 unspecified atom stereocenters. The number of carbonyl (C=O) groups excluding carboxylic acids is 2. The van der Waals surface area contributed by atoms with Crippen molar-refractivity contribution in [1.82, 2.24) is 0 Å². The molecule has 0 amide bonds. The first kappa shape index (κ1) is 18.9. The normalized spacial score (nSPS) is 20.0. The summed E-state index contributed by atoms with van der Waals surface area (Å²) in [6.45, 7) is 0.225. The van der Waals surface area contributed by atoms with Crippen molar-refractivity contribution in [3.63, 3.8) is 0 Å². The van der Waals surface area contributed by atoms with Gasteiger partial charge in [-0.1, -0.05) is 48.5 Å². The van der Waals surface area contributed by atoms with E-state index in [1.54, 1.807) is 24.3 Å². The maximum absolute atomic E-state index is 13.5. The summed E-state index contributed by atoms with van der Waals surface area (Å²) < 4.78 is 5.55. The van der Waals surface area contributed by atoms with Crippen LogP contribution in [0.5, 0.6) is 0 Å². The third kappa shape index (κ3) is 3.66. The standard InChI is InChI=1S/C25H23NO3/c1-26-22-14-12-18(13-15-22)23(27)25(20-10-6-3-7-11-20)16-21(25)17-29-24(28)19-8-4-2-5-9-19/h2-15,21,26H,16-17H2,1H3/t21-,25?/m0/s1. The van der Waals surface area contributed by atoms with Crippen molar-refractivity contribution in [2.24, 2.45) is 5.92 Å². The molecule has 4 heteroatoms. The first-order valence-electron chi connectivity index (χ1n) is 9.75. The van der Waals surface area contributed by atoms with E-state index in [4.69, 9.17) is 4.74 Å². The monoisotopic (exact) mass is 385 g/mol. The molecule has 4 rings (SSSR count). The number of anilines is 1. The van der Waals surface area contributed by atoms with Gasteiger partial charge in [-0.2, -0.15) is 0 Å². The van der Waals surface area contributed by atoms with Crippen molar-refractivity contribution in [3.05, 3.63) is 102 Å². The van der Waals surface area contributed by atoms with Crippen LogP contribution in [0.3, 0.4) is 0 Å². The van der Waals surface area contributed by atoms with E-state index >= 15 is 0 Å². The molecule has 3 aromatic carbocycles. The molecule has 2 atom stereocenters. The minimum absolute atomic E-state index is 0.0333. The summed E-state index contributed by atoms with van der Waals surface area (Å²) in [6.07, 6.45) is 0.672. The van der Waals surface area contributed by atoms with Gasteiger partial charge in [0.25, 0.3) is 0 Å². The van der Waals surface area contributed by atoms with Crippen molar-refractivity contribution in [2.75, 3.05) is 19.0 Å². The third-order valence-corrected chi connectivity index (χ3v) is 5.66. The van der Waals surface area contributed by atoms with E-state index in [9.17, 15) is 9.59 Å². The Hall–Kier alpha value is -3.40. The molecule has 0 radical (unpaired) electrons. The van der Waals surface area contributed by atoms with Crippen LogP contribution in [0, 0.1) is 5.92 Å². The highest BCUT2D eigenvalue weighted by Crippen LogP contribution is 2.56. The quantitative estimate of drug-likeness (QED) is 0.472. The molecule has 3 aromatic rings. The Morgan fingerprint density at radius 2 is 1.52 bits per heavy atom. The second-order valence-corrected chi connectivity index (χ2v) is 7.36. The van der Waals surface area contributed by atoms with E-state index in [1.807, 2.05) is 67.7 Å². The second kappa shape index (κ2) is 7.92. The summed E-state index contributed by atoms with van der Waals surface area (Å²) in [5.74, 6) is -0.313. The lowest BCUT2D eigenvalue weighted by molar-refractivity contribution is 0.0472. The lowest BCUT2D eigenvalue weighted by atomic mass is 9.85. The molecule has 0 aromatic heterocycles. The highest BCUT2D eigenvalue weighted by molar-refractivity contribution is 6.07. The van der Waals surface area contributed by atoms with E-state index in [1.165, 1.54) is 0 Å². The molecule has 0 spiro atoms. The fourth-order valence-corrected chi connectivity index (χ4v) is 3.91. The van der Waals surface area contributed by atoms with Crippen molar-refractivity contribution < 1.29 is 14.3 Å². The number of esters is 1. The zero-order valence-corrected chi connectivity index (χ0v) is 16.3. The molecule has 1 aliphatic carbocycles. The van der Waals surface area contributed by atoms with Crippen LogP contribution in [-0.2, 0) is 10.2 Å². The minimum atomic E-state index is -0.639. The van der Waals surface area contributed by atoms with Gasteiger partial charge in [-0.15, -0.1) is 0 Å². The summed E-state index contributed by atoms with van der Waals surface area (Å²) in [6, 6.07) is 26.2. The summed E-state index contributed by atoms with van der Waals surface area (Å²) >= 11 is 0. The van der Waals surface area contributed by atoms with Crippen LogP contribution >= 0.6 is 0 Å². The summed E-state index contributed by atoms with van der Waals surface area (Å²) in [7, 11) is 1.85. The van der Waals surface area contributed by atoms with Gasteiger partial charge in [0, 0.05) is 24.2 Å². The van der Waals surface area contributed by atoms with Crippen molar-refractivity contribution in [1.29, 1.82) is 0 Å². The topological polar surface area (TPSA) is 55.4 Å². The van der Waals surface area contributed by atoms with Gasteiger partial charge >= 0.3 is 5.97 Å². The number of rotatable bonds is 7. The molecule has 146 valence electrons. The molecule has 0 heterocycles. The van der Waals surface area contributed by atoms with Gasteiger partial charge in [0.2, 0.25) is 0 Å². The Morgan fingerprint density at radius 1 is 0.897 bits per heavy atom. The average Bonchev–Trinajstić information content (AvgIpc) is 3.54. The molecule has 1 fully saturated rings. The summed E-state index contributed by atoms with van der Waals surface area (Å²) in [4.78, 5) is 25.8. The smallest absolute Gasteiger partial charge is 0.338 e. The maximum atomic E-state index is 13.5. The maximum Gasteiger partial charge on any atom is 0.338 e. The SMILES string of the molecule is CNc1ccc(C(=O)C2(c3ccccc3)C[C@H]2COC(=O)c2ccccc2)cc1. The van der Waals surface area contributed by atoms with Gasteiger partial charge in [0.15, 0.2) is 5.78 Å². The van der Waals surface area contributed by atoms with Gasteiger partial charge in [0.1, 0.15) is 0 Å². The number of ketones is 1. The third-order valence-electron chi connectivity index (χ3n) is 5.66. The molecule has 4 nitrogen and oxygen atoms in total. The van der Waals surface area contributed by atoms with E-state index in [0.29, 0.717) is 17.5 Å². The van der Waals surface area contributed by atoms with E-state index in [2.05, 4.69) is 5.32 Å². The van der Waals surface area contributed by atoms with Crippen molar-refractivity contribution in [2.45, 2.75) is 11.8 Å². The Labute approximate surface area is 170 Å². The average molecular weight is 385 g/mol. The number of carbonyl (C=O) groups is 2. The molecule has 1 saturated carbocycles. The van der Waals surface area contributed by atoms with Gasteiger partial charge in [0.05, 0.1) is 17.6 Å². The van der Waals surface area contributed by atoms with E-state index in [-0.39, 0.29) is 24.3 Å². The summed E-state index contributed by atoms with van der Waals surface area (Å²) in [5.41, 5.74) is 2.49. The highest BCUT2D eigenvalue weighted by Gasteiger charge is 2.61. The number of nitrogens with one attached hydrogen (secondary N) is 1. The second-order valence-electron chi connectivity index (χ2n) is 7.36. The molecule has 0 saturated heterocycles.